The normalized spacial score (nSPS) is 27.4. The van der Waals surface area contributed by atoms with Gasteiger partial charge in [-0.1, -0.05) is 12.2 Å². The third-order valence-electron chi connectivity index (χ3n) is 4.26. The fourth-order valence-corrected chi connectivity index (χ4v) is 3.04. The van der Waals surface area contributed by atoms with Crippen LogP contribution in [-0.2, 0) is 14.4 Å². The monoisotopic (exact) mass is 331 g/mol. The molecule has 0 unspecified atom stereocenters. The van der Waals surface area contributed by atoms with Crippen LogP contribution in [0.1, 0.15) is 44.9 Å². The van der Waals surface area contributed by atoms with Crippen molar-refractivity contribution in [2.75, 3.05) is 0 Å². The molecule has 7 nitrogen and oxygen atoms in total. The Morgan fingerprint density at radius 3 is 2.13 bits per heavy atom. The molecule has 0 saturated heterocycles. The lowest BCUT2D eigenvalue weighted by Crippen LogP contribution is -2.22. The van der Waals surface area contributed by atoms with E-state index >= 15 is 0 Å². The third kappa shape index (κ3) is 6.92. The number of carbonyl (C=O) groups excluding carboxylic acids is 1. The van der Waals surface area contributed by atoms with Gasteiger partial charge in [0.2, 0.25) is 0 Å². The van der Waals surface area contributed by atoms with Gasteiger partial charge >= 0.3 is 11.9 Å². The number of aliphatic carboxylic acids is 2. The zero-order chi connectivity index (χ0) is 17.4. The van der Waals surface area contributed by atoms with E-state index in [1.165, 1.54) is 6.08 Å². The van der Waals surface area contributed by atoms with Crippen LogP contribution >= 0.6 is 0 Å². The lowest BCUT2D eigenvalue weighted by atomic mass is 9.86. The minimum absolute atomic E-state index is 0.0239. The Hall–Kier alpha value is -1.73. The molecule has 1 fully saturated rings. The van der Waals surface area contributed by atoms with Gasteiger partial charge in [0.1, 0.15) is 5.78 Å². The second-order valence-corrected chi connectivity index (χ2v) is 5.97. The predicted molar refractivity (Wildman–Crippen MR) is 80.7 cm³/mol. The largest absolute Gasteiger partial charge is 0.481 e. The molecule has 1 aliphatic carbocycles. The summed E-state index contributed by atoms with van der Waals surface area (Å²) in [7, 11) is 0. The molecule has 0 heterocycles. The van der Waals surface area contributed by atoms with Crippen LogP contribution in [0, 0.1) is 11.8 Å². The van der Waals surface area contributed by atoms with Crippen molar-refractivity contribution in [3.05, 3.63) is 12.2 Å². The second-order valence-electron chi connectivity index (χ2n) is 5.97. The molecule has 0 aromatic carbocycles. The first-order valence-corrected chi connectivity index (χ1v) is 7.77. The summed E-state index contributed by atoms with van der Waals surface area (Å²) in [5.41, 5.74) is 0. The molecule has 0 radical (unpaired) electrons. The zero-order valence-electron chi connectivity index (χ0n) is 12.9. The number of ketones is 1. The topological polar surface area (TPSA) is 132 Å². The summed E-state index contributed by atoms with van der Waals surface area (Å²) in [6.45, 7) is 0. The third-order valence-corrected chi connectivity index (χ3v) is 4.26. The van der Waals surface area contributed by atoms with Crippen LogP contribution in [0.25, 0.3) is 0 Å². The summed E-state index contributed by atoms with van der Waals surface area (Å²) in [6.07, 6.45) is 2.75. The summed E-state index contributed by atoms with van der Waals surface area (Å²) in [5, 5.41) is 37.1. The van der Waals surface area contributed by atoms with E-state index in [1.807, 2.05) is 0 Å². The van der Waals surface area contributed by atoms with Crippen LogP contribution < -0.4 is 0 Å². The molecule has 0 aliphatic heterocycles. The molecule has 0 aromatic rings. The first-order chi connectivity index (χ1) is 10.8. The first kappa shape index (κ1) is 19.3. The Balaban J connectivity index is 2.49. The van der Waals surface area contributed by atoms with Gasteiger partial charge in [-0.2, -0.15) is 0 Å². The lowest BCUT2D eigenvalue weighted by Gasteiger charge is -2.22. The van der Waals surface area contributed by atoms with E-state index in [0.717, 1.165) is 0 Å². The van der Waals surface area contributed by atoms with Gasteiger partial charge < -0.3 is 20.4 Å². The minimum Gasteiger partial charge on any atom is -0.481 e. The van der Waals surface area contributed by atoms with Crippen LogP contribution in [0.4, 0.5) is 0 Å². The van der Waals surface area contributed by atoms with Gasteiger partial charge in [0, 0.05) is 12.8 Å². The Morgan fingerprint density at radius 2 is 1.52 bits per heavy atom. The number of Topliss-reactive ketones (excluding diaryl/α,β-unsaturated/α-hetero) is 1. The molecule has 0 amide bonds. The Bertz CT molecular complexity index is 457. The van der Waals surface area contributed by atoms with Gasteiger partial charge in [-0.05, 0) is 31.1 Å². The lowest BCUT2D eigenvalue weighted by molar-refractivity contribution is -0.138. The minimum atomic E-state index is -1.02. The number of carboxylic acid groups (broad SMARTS) is 2. The van der Waals surface area contributed by atoms with E-state index in [9.17, 15) is 24.6 Å². The van der Waals surface area contributed by atoms with Crippen molar-refractivity contribution >= 4 is 17.7 Å². The molecule has 4 atom stereocenters. The van der Waals surface area contributed by atoms with Crippen molar-refractivity contribution in [2.45, 2.75) is 57.2 Å². The van der Waals surface area contributed by atoms with Crippen molar-refractivity contribution in [1.29, 1.82) is 0 Å². The Labute approximate surface area is 134 Å². The highest BCUT2D eigenvalue weighted by Gasteiger charge is 2.40. The van der Waals surface area contributed by atoms with Gasteiger partial charge in [0.25, 0.3) is 0 Å². The fourth-order valence-electron chi connectivity index (χ4n) is 3.04. The molecule has 23 heavy (non-hydrogen) atoms. The SMILES string of the molecule is O=C(O)CCC(=O)CC[C@@H]1[C@@H](C/C=[13CH]\[13CH2][13C](=O)O)[C@@H](O)C[C@@H]1O. The van der Waals surface area contributed by atoms with Crippen molar-refractivity contribution in [3.63, 3.8) is 0 Å². The molecule has 4 N–H and O–H groups in total. The predicted octanol–water partition coefficient (Wildman–Crippen LogP) is 0.979. The molecular formula is C16H24O7. The summed E-state index contributed by atoms with van der Waals surface area (Å²) >= 11 is 0. The van der Waals surface area contributed by atoms with Crippen molar-refractivity contribution in [3.8, 4) is 0 Å². The molecular weight excluding hydrogens is 307 g/mol. The maximum absolute atomic E-state index is 11.6. The molecule has 130 valence electrons. The van der Waals surface area contributed by atoms with E-state index in [1.54, 1.807) is 6.08 Å². The first-order valence-electron chi connectivity index (χ1n) is 7.77. The Kier molecular flexibility index (Phi) is 7.91. The maximum atomic E-state index is 11.6. The van der Waals surface area contributed by atoms with Crippen molar-refractivity contribution in [1.82, 2.24) is 0 Å². The number of carboxylic acids is 2. The fraction of sp³-hybridized carbons (Fsp3) is 0.688. The average molecular weight is 331 g/mol. The molecule has 0 aromatic heterocycles. The molecule has 0 bridgehead atoms. The highest BCUT2D eigenvalue weighted by atomic mass is 16.5. The van der Waals surface area contributed by atoms with E-state index in [4.69, 9.17) is 10.2 Å². The van der Waals surface area contributed by atoms with E-state index in [-0.39, 0.29) is 49.7 Å². The number of allylic oxidation sites excluding steroid dienone is 1. The molecule has 1 saturated carbocycles. The Morgan fingerprint density at radius 1 is 0.870 bits per heavy atom. The van der Waals surface area contributed by atoms with Crippen molar-refractivity contribution < 1.29 is 34.8 Å². The van der Waals surface area contributed by atoms with E-state index in [2.05, 4.69) is 0 Å². The van der Waals surface area contributed by atoms with Gasteiger partial charge in [-0.3, -0.25) is 14.4 Å². The van der Waals surface area contributed by atoms with Gasteiger partial charge in [0.15, 0.2) is 0 Å². The number of rotatable bonds is 10. The summed E-state index contributed by atoms with van der Waals surface area (Å²) in [4.78, 5) is 32.5. The second kappa shape index (κ2) is 9.42. The van der Waals surface area contributed by atoms with E-state index < -0.39 is 24.1 Å². The number of aliphatic hydroxyl groups is 2. The number of aliphatic hydroxyl groups excluding tert-OH is 2. The zero-order valence-corrected chi connectivity index (χ0v) is 12.9. The van der Waals surface area contributed by atoms with Gasteiger partial charge in [0.05, 0.1) is 25.0 Å². The number of carbonyl (C=O) groups is 3. The van der Waals surface area contributed by atoms with E-state index in [0.29, 0.717) is 12.8 Å². The molecule has 1 aliphatic rings. The van der Waals surface area contributed by atoms with Crippen molar-refractivity contribution in [2.24, 2.45) is 11.8 Å². The summed E-state index contributed by atoms with van der Waals surface area (Å²) in [5.74, 6) is -2.58. The quantitative estimate of drug-likeness (QED) is 0.346. The molecule has 7 heteroatoms. The summed E-state index contributed by atoms with van der Waals surface area (Å²) < 4.78 is 0. The molecule has 0 spiro atoms. The standard InChI is InChI=1S/C16H24O7/c17-10(6-8-16(22)23)5-7-12-11(13(18)9-14(12)19)3-1-2-4-15(20)21/h1-2,11-14,18-19H,3-9H2,(H,20,21)(H,22,23)/b2-1-/t11-,12-,13+,14+/m1/s1/i2+1,4+1,15+1. The van der Waals surface area contributed by atoms with Gasteiger partial charge in [-0.25, -0.2) is 0 Å². The van der Waals surface area contributed by atoms with Crippen LogP contribution in [0.2, 0.25) is 0 Å². The van der Waals surface area contributed by atoms with Gasteiger partial charge in [-0.15, -0.1) is 0 Å². The van der Waals surface area contributed by atoms with Crippen LogP contribution in [0.3, 0.4) is 0 Å². The van der Waals surface area contributed by atoms with Crippen LogP contribution in [0.15, 0.2) is 12.2 Å². The maximum Gasteiger partial charge on any atom is 0.307 e. The smallest absolute Gasteiger partial charge is 0.307 e. The molecule has 1 rings (SSSR count). The number of hydrogen-bond donors (Lipinski definition) is 4. The average Bonchev–Trinajstić information content (AvgIpc) is 2.72. The van der Waals surface area contributed by atoms with Crippen LogP contribution in [-0.4, -0.2) is 50.4 Å². The number of hydrogen-bond acceptors (Lipinski definition) is 5. The summed E-state index contributed by atoms with van der Waals surface area (Å²) in [6, 6.07) is 0. The highest BCUT2D eigenvalue weighted by molar-refractivity contribution is 5.82. The van der Waals surface area contributed by atoms with Crippen LogP contribution in [0.5, 0.6) is 0 Å². The highest BCUT2D eigenvalue weighted by Crippen LogP contribution is 2.38.